The summed E-state index contributed by atoms with van der Waals surface area (Å²) >= 11 is 1.59. The Morgan fingerprint density at radius 1 is 1.33 bits per heavy atom. The van der Waals surface area contributed by atoms with Crippen LogP contribution in [-0.2, 0) is 24.7 Å². The molecule has 1 aliphatic heterocycles. The topological polar surface area (TPSA) is 3.24 Å². The summed E-state index contributed by atoms with van der Waals surface area (Å²) in [5.41, 5.74) is 0.329. The third kappa shape index (κ3) is 5.59. The van der Waals surface area contributed by atoms with Crippen molar-refractivity contribution < 1.29 is 61.9 Å². The van der Waals surface area contributed by atoms with Gasteiger partial charge in [-0.25, -0.2) is 0 Å². The van der Waals surface area contributed by atoms with E-state index in [1.165, 1.54) is 6.32 Å². The Balaban J connectivity index is -0.000000480. The van der Waals surface area contributed by atoms with Crippen molar-refractivity contribution in [2.24, 2.45) is 0 Å². The molecule has 0 aromatic heterocycles. The molecule has 0 spiro atoms. The fourth-order valence-electron chi connectivity index (χ4n) is 1.81. The van der Waals surface area contributed by atoms with E-state index in [-0.39, 0.29) is 37.2 Å². The first-order chi connectivity index (χ1) is 5.46. The molecule has 0 radical (unpaired) electrons. The van der Waals surface area contributed by atoms with E-state index in [4.69, 9.17) is 0 Å². The van der Waals surface area contributed by atoms with Gasteiger partial charge in [0.15, 0.2) is 0 Å². The quantitative estimate of drug-likeness (QED) is 0.426. The molecule has 0 aromatic carbocycles. The monoisotopic (exact) mass is 345 g/mol. The Morgan fingerprint density at radius 3 is 2.07 bits per heavy atom. The number of halogens is 3. The first-order valence-electron chi connectivity index (χ1n) is 4.65. The average Bonchev–Trinajstić information content (AvgIpc) is 2.29. The largest absolute Gasteiger partial charge is 1.00 e. The molecule has 6 heteroatoms. The van der Waals surface area contributed by atoms with E-state index in [1.54, 1.807) is 27.9 Å². The second-order valence-corrected chi connectivity index (χ2v) is 5.83. The molecule has 0 atom stereocenters. The molecule has 15 heavy (non-hydrogen) atoms. The Bertz CT molecular complexity index is 206. The zero-order valence-electron chi connectivity index (χ0n) is 9.65. The van der Waals surface area contributed by atoms with Crippen molar-refractivity contribution in [3.8, 4) is 0 Å². The van der Waals surface area contributed by atoms with Gasteiger partial charge in [-0.3, -0.25) is 0 Å². The molecule has 86 valence electrons. The van der Waals surface area contributed by atoms with Gasteiger partial charge in [0.05, 0.1) is 0 Å². The molecular weight excluding hydrogens is 331 g/mol. The van der Waals surface area contributed by atoms with E-state index in [0.29, 0.717) is 5.54 Å². The molecule has 0 saturated heterocycles. The minimum absolute atomic E-state index is 0. The Morgan fingerprint density at radius 2 is 1.80 bits per heavy atom. The predicted molar refractivity (Wildman–Crippen MR) is 50.8 cm³/mol. The molecule has 0 saturated carbocycles. The van der Waals surface area contributed by atoms with Gasteiger partial charge >= 0.3 is 91.7 Å². The van der Waals surface area contributed by atoms with Gasteiger partial charge < -0.3 is 37.2 Å². The average molecular weight is 348 g/mol. The van der Waals surface area contributed by atoms with Crippen LogP contribution in [0.2, 0.25) is 6.32 Å². The summed E-state index contributed by atoms with van der Waals surface area (Å²) < 4.78 is 1.64. The van der Waals surface area contributed by atoms with E-state index in [0.717, 1.165) is 13.4 Å². The minimum Gasteiger partial charge on any atom is -1.00 e. The molecule has 0 aliphatic carbocycles. The Kier molecular flexibility index (Phi) is 12.5. The van der Waals surface area contributed by atoms with Crippen molar-refractivity contribution in [1.82, 2.24) is 4.81 Å². The maximum absolute atomic E-state index is 2.59. The predicted octanol–water partition coefficient (Wildman–Crippen LogP) is -6.91. The van der Waals surface area contributed by atoms with Crippen LogP contribution in [0.1, 0.15) is 27.7 Å². The van der Waals surface area contributed by atoms with Gasteiger partial charge in [0.1, 0.15) is 0 Å². The van der Waals surface area contributed by atoms with E-state index in [9.17, 15) is 0 Å². The van der Waals surface area contributed by atoms with Gasteiger partial charge in [-0.15, -0.1) is 0 Å². The van der Waals surface area contributed by atoms with Crippen molar-refractivity contribution in [1.29, 1.82) is 0 Å². The summed E-state index contributed by atoms with van der Waals surface area (Å²) in [6, 6.07) is 0. The molecule has 0 N–H and O–H groups in total. The molecule has 0 fully saturated rings. The molecule has 1 rings (SSSR count). The van der Waals surface area contributed by atoms with Crippen molar-refractivity contribution >= 4 is 6.85 Å². The van der Waals surface area contributed by atoms with E-state index >= 15 is 0 Å². The molecule has 0 unspecified atom stereocenters. The third-order valence-corrected chi connectivity index (χ3v) is 3.81. The smallest absolute Gasteiger partial charge is 1.00 e. The summed E-state index contributed by atoms with van der Waals surface area (Å²) in [7, 11) is 0. The second kappa shape index (κ2) is 8.59. The minimum atomic E-state index is 0. The van der Waals surface area contributed by atoms with Gasteiger partial charge in [0.2, 0.25) is 0 Å². The molecule has 0 bridgehead atoms. The number of nitrogens with zero attached hydrogens (tertiary/aromatic N) is 1. The van der Waals surface area contributed by atoms with Crippen molar-refractivity contribution in [3.05, 3.63) is 9.26 Å². The summed E-state index contributed by atoms with van der Waals surface area (Å²) in [5.74, 6) is 0. The zero-order chi connectivity index (χ0) is 9.35. The van der Waals surface area contributed by atoms with Crippen LogP contribution in [-0.4, -0.2) is 23.7 Å². The van der Waals surface area contributed by atoms with Crippen molar-refractivity contribution in [2.75, 3.05) is 6.54 Å². The standard InChI is InChI=1S/C9H17BN.3ClH.Zr/c1-5-10-7-6-8-11(10)9(2,3)4;;;;/h6H,5,8H2,1-4H3;3*1H;/q;;;;+3/p-3. The van der Waals surface area contributed by atoms with Crippen molar-refractivity contribution in [3.63, 3.8) is 0 Å². The number of rotatable bonds is 1. The van der Waals surface area contributed by atoms with Crippen LogP contribution in [0.25, 0.3) is 0 Å². The van der Waals surface area contributed by atoms with Crippen LogP contribution >= 0.6 is 0 Å². The fraction of sp³-hybridized carbons (Fsp3) is 0.778. The summed E-state index contributed by atoms with van der Waals surface area (Å²) in [6.07, 6.45) is 3.66. The van der Waals surface area contributed by atoms with Crippen LogP contribution in [0.15, 0.2) is 9.26 Å². The van der Waals surface area contributed by atoms with E-state index < -0.39 is 0 Å². The Labute approximate surface area is 128 Å². The van der Waals surface area contributed by atoms with Gasteiger partial charge in [-0.1, -0.05) is 0 Å². The van der Waals surface area contributed by atoms with Gasteiger partial charge in [-0.2, -0.15) is 0 Å². The van der Waals surface area contributed by atoms with E-state index in [2.05, 4.69) is 38.6 Å². The third-order valence-electron chi connectivity index (χ3n) is 2.49. The summed E-state index contributed by atoms with van der Waals surface area (Å²) in [5, 5.41) is 0. The fourth-order valence-corrected chi connectivity index (χ4v) is 2.92. The SMILES string of the molecule is CCB1[C]([Zr+3])=CCN1C(C)(C)C.[Cl-].[Cl-].[Cl-]. The van der Waals surface area contributed by atoms with Crippen LogP contribution in [0.4, 0.5) is 0 Å². The van der Waals surface area contributed by atoms with Crippen LogP contribution in [0.5, 0.6) is 0 Å². The van der Waals surface area contributed by atoms with Crippen LogP contribution in [0.3, 0.4) is 0 Å². The van der Waals surface area contributed by atoms with Gasteiger partial charge in [0.25, 0.3) is 0 Å². The molecule has 1 aliphatic rings. The maximum atomic E-state index is 2.59. The number of hydrogen-bond donors (Lipinski definition) is 0. The second-order valence-electron chi connectivity index (χ2n) is 4.41. The van der Waals surface area contributed by atoms with Crippen LogP contribution in [0, 0.1) is 0 Å². The molecule has 1 heterocycles. The van der Waals surface area contributed by atoms with Gasteiger partial charge in [-0.05, 0) is 0 Å². The van der Waals surface area contributed by atoms with Crippen molar-refractivity contribution in [2.45, 2.75) is 39.6 Å². The zero-order valence-corrected chi connectivity index (χ0v) is 14.4. The summed E-state index contributed by atoms with van der Waals surface area (Å²) in [6.45, 7) is 11.1. The molecular formula is C9H17BCl3NZr. The van der Waals surface area contributed by atoms with Crippen LogP contribution < -0.4 is 37.2 Å². The normalized spacial score (nSPS) is 16.1. The molecule has 0 aromatic rings. The summed E-state index contributed by atoms with van der Waals surface area (Å²) in [4.78, 5) is 2.59. The molecule has 1 nitrogen and oxygen atoms in total. The maximum Gasteiger partial charge on any atom is -1.00 e. The van der Waals surface area contributed by atoms with E-state index in [1.807, 2.05) is 0 Å². The Hall–Kier alpha value is 1.52. The first-order valence-corrected chi connectivity index (χ1v) is 5.88. The number of hydrogen-bond acceptors (Lipinski definition) is 1. The van der Waals surface area contributed by atoms with Gasteiger partial charge in [0, 0.05) is 0 Å². The molecule has 0 amide bonds. The first kappa shape index (κ1) is 21.8.